The Hall–Kier alpha value is -5.37. The number of benzene rings is 1. The van der Waals surface area contributed by atoms with E-state index < -0.39 is 125 Å². The molecule has 348 valence electrons. The van der Waals surface area contributed by atoms with E-state index in [9.17, 15) is 62.7 Å². The van der Waals surface area contributed by atoms with Gasteiger partial charge in [0.1, 0.15) is 42.9 Å². The minimum absolute atomic E-state index is 0.00201. The smallest absolute Gasteiger partial charge is 0.335 e. The molecule has 0 spiro atoms. The average molecular weight is 910 g/mol. The molecule has 1 aromatic carbocycles. The number of ether oxygens (including phenoxy) is 2. The lowest BCUT2D eigenvalue weighted by atomic mass is 9.91. The Kier molecular flexibility index (Phi) is 17.4. The predicted octanol–water partition coefficient (Wildman–Crippen LogP) is -1.45. The highest BCUT2D eigenvalue weighted by Gasteiger charge is 2.46. The highest BCUT2D eigenvalue weighted by Crippen LogP contribution is 2.28. The van der Waals surface area contributed by atoms with Crippen LogP contribution in [-0.4, -0.2) is 149 Å². The number of aliphatic hydroxyl groups is 4. The van der Waals surface area contributed by atoms with Crippen LogP contribution in [0.2, 0.25) is 0 Å². The van der Waals surface area contributed by atoms with Gasteiger partial charge >= 0.3 is 11.9 Å². The van der Waals surface area contributed by atoms with Crippen molar-refractivity contribution in [2.24, 2.45) is 11.8 Å². The number of esters is 1. The summed E-state index contributed by atoms with van der Waals surface area (Å²) in [6.07, 6.45) is -6.88. The zero-order chi connectivity index (χ0) is 46.9. The molecule has 63 heavy (non-hydrogen) atoms. The van der Waals surface area contributed by atoms with Gasteiger partial charge < -0.3 is 51.0 Å². The molecule has 9 N–H and O–H groups in total. The highest BCUT2D eigenvalue weighted by molar-refractivity contribution is 7.85. The van der Waals surface area contributed by atoms with Crippen molar-refractivity contribution < 1.29 is 76.7 Å². The Morgan fingerprint density at radius 3 is 2.22 bits per heavy atom. The molecule has 9 atom stereocenters. The van der Waals surface area contributed by atoms with E-state index in [1.807, 2.05) is 0 Å². The zero-order valence-corrected chi connectivity index (χ0v) is 36.0. The number of imide groups is 1. The zero-order valence-electron chi connectivity index (χ0n) is 35.2. The molecule has 4 rings (SSSR count). The Bertz CT molecular complexity index is 2110. The number of carbonyl (C=O) groups is 6. The quantitative estimate of drug-likeness (QED) is 0.0283. The summed E-state index contributed by atoms with van der Waals surface area (Å²) in [4.78, 5) is 77.2. The number of aromatic nitrogens is 3. The van der Waals surface area contributed by atoms with Gasteiger partial charge in [-0.1, -0.05) is 39.0 Å². The molecule has 2 aromatic rings. The Morgan fingerprint density at radius 1 is 0.952 bits per heavy atom. The van der Waals surface area contributed by atoms with Crippen molar-refractivity contribution in [1.29, 1.82) is 0 Å². The van der Waals surface area contributed by atoms with Crippen LogP contribution < -0.4 is 16.0 Å². The number of amides is 4. The minimum Gasteiger partial charge on any atom is -0.479 e. The molecule has 4 amide bonds. The van der Waals surface area contributed by atoms with E-state index in [1.54, 1.807) is 45.9 Å². The Balaban J connectivity index is 1.44. The lowest BCUT2D eigenvalue weighted by Gasteiger charge is -2.39. The summed E-state index contributed by atoms with van der Waals surface area (Å²) in [5.41, 5.74) is 1.40. The monoisotopic (exact) mass is 909 g/mol. The first kappa shape index (κ1) is 50.3. The fraction of sp³-hybridized carbons (Fsp3) is 0.590. The molecule has 2 aliphatic rings. The number of nitrogens with zero attached hydrogens (tertiary/aromatic N) is 4. The number of aryl methyl sites for hydroxylation is 2. The molecule has 0 saturated carbocycles. The number of carboxylic acid groups (broad SMARTS) is 1. The molecule has 0 bridgehead atoms. The van der Waals surface area contributed by atoms with Crippen molar-refractivity contribution in [2.45, 2.75) is 128 Å². The second-order valence-corrected chi connectivity index (χ2v) is 17.6. The van der Waals surface area contributed by atoms with E-state index in [2.05, 4.69) is 26.3 Å². The van der Waals surface area contributed by atoms with Gasteiger partial charge in [0, 0.05) is 24.4 Å². The van der Waals surface area contributed by atoms with Crippen LogP contribution in [0.3, 0.4) is 0 Å². The minimum atomic E-state index is -4.24. The van der Waals surface area contributed by atoms with Crippen LogP contribution >= 0.6 is 0 Å². The van der Waals surface area contributed by atoms with Crippen LogP contribution in [0.25, 0.3) is 0 Å². The van der Waals surface area contributed by atoms with Crippen molar-refractivity contribution in [3.63, 3.8) is 0 Å². The molecule has 1 unspecified atom stereocenters. The number of carbonyl (C=O) groups excluding carboxylic acids is 5. The van der Waals surface area contributed by atoms with Crippen molar-refractivity contribution in [2.75, 3.05) is 11.1 Å². The van der Waals surface area contributed by atoms with Gasteiger partial charge in [-0.15, -0.1) is 5.10 Å². The number of anilines is 1. The van der Waals surface area contributed by atoms with E-state index in [4.69, 9.17) is 14.0 Å². The van der Waals surface area contributed by atoms with Gasteiger partial charge in [0.25, 0.3) is 21.9 Å². The molecule has 23 nitrogen and oxygen atoms in total. The number of rotatable bonds is 22. The standard InChI is InChI=1S/C39H55N7O16S/c1-19(2)31(42-28(47)16-26(46-29(48)11-12-30(46)49)25-17-45(44-43-25)13-6-14-63(58,59)60)37(54)40-21(5)36(53)41-24-9-7-23(18-61-39(57)20(3)4)22(15-24)8-10-27-32(50)33(51)34(52)35(62-27)38(55)56/h7,9,11-12,15,17,19-21,26-27,31-36,41,50-53H,6,8,10,13-14,16,18H2,1-5H3,(H,40,54)(H,42,47)(H,55,56)(H,58,59,60)/t21-,26-,27-,31-,32-,33+,34-,35-,36?/m0/s1. The fourth-order valence-electron chi connectivity index (χ4n) is 6.76. The first-order valence-corrected chi connectivity index (χ1v) is 21.7. The molecule has 0 aliphatic carbocycles. The molecular weight excluding hydrogens is 855 g/mol. The molecule has 1 aromatic heterocycles. The summed E-state index contributed by atoms with van der Waals surface area (Å²) in [5, 5.41) is 67.6. The van der Waals surface area contributed by atoms with E-state index in [0.717, 1.165) is 17.1 Å². The number of nitrogens with one attached hydrogen (secondary N) is 3. The van der Waals surface area contributed by atoms with Gasteiger partial charge in [-0.2, -0.15) is 8.42 Å². The van der Waals surface area contributed by atoms with E-state index in [0.29, 0.717) is 16.8 Å². The molecule has 24 heteroatoms. The molecule has 1 saturated heterocycles. The number of carboxylic acids is 1. The number of hydrogen-bond donors (Lipinski definition) is 9. The lowest BCUT2D eigenvalue weighted by molar-refractivity contribution is -0.228. The van der Waals surface area contributed by atoms with Crippen LogP contribution in [0.1, 0.15) is 76.7 Å². The fourth-order valence-corrected chi connectivity index (χ4v) is 7.25. The summed E-state index contributed by atoms with van der Waals surface area (Å²) in [6.45, 7) is 7.96. The number of aliphatic carboxylic acids is 1. The van der Waals surface area contributed by atoms with Crippen LogP contribution in [0, 0.1) is 11.8 Å². The van der Waals surface area contributed by atoms with Gasteiger partial charge in [0.15, 0.2) is 6.10 Å². The van der Waals surface area contributed by atoms with Crippen LogP contribution in [0.4, 0.5) is 5.69 Å². The van der Waals surface area contributed by atoms with Gasteiger partial charge in [0.2, 0.25) is 11.8 Å². The molecule has 2 aliphatic heterocycles. The third kappa shape index (κ3) is 13.8. The maximum atomic E-state index is 13.6. The first-order chi connectivity index (χ1) is 29.5. The maximum absolute atomic E-state index is 13.6. The van der Waals surface area contributed by atoms with E-state index in [-0.39, 0.29) is 38.1 Å². The third-order valence-electron chi connectivity index (χ3n) is 10.3. The van der Waals surface area contributed by atoms with Crippen molar-refractivity contribution >= 4 is 51.4 Å². The summed E-state index contributed by atoms with van der Waals surface area (Å²) < 4.78 is 43.3. The second kappa shape index (κ2) is 21.8. The average Bonchev–Trinajstić information content (AvgIpc) is 3.81. The van der Waals surface area contributed by atoms with E-state index >= 15 is 0 Å². The topological polar surface area (TPSA) is 346 Å². The Labute approximate surface area is 362 Å². The van der Waals surface area contributed by atoms with Gasteiger partial charge in [0.05, 0.1) is 42.5 Å². The summed E-state index contributed by atoms with van der Waals surface area (Å²) in [7, 11) is -4.24. The summed E-state index contributed by atoms with van der Waals surface area (Å²) in [5.74, 6) is -6.39. The van der Waals surface area contributed by atoms with Crippen LogP contribution in [0.15, 0.2) is 36.5 Å². The van der Waals surface area contributed by atoms with Crippen LogP contribution in [0.5, 0.6) is 0 Å². The summed E-state index contributed by atoms with van der Waals surface area (Å²) in [6, 6.07) is 1.35. The van der Waals surface area contributed by atoms with Crippen molar-refractivity contribution in [3.05, 3.63) is 53.4 Å². The SMILES string of the molecule is CC(C)C(=O)OCc1ccc(NC(O)[C@H](C)NC(=O)[C@@H](NC(=O)C[C@@H](c2cn(CCCS(=O)(=O)O)nn2)N2C(=O)C=CC2=O)C(C)C)cc1CC[C@@H]1O[C@H](C(=O)O)[C@@H](O)[C@H](O)[C@H]1O. The largest absolute Gasteiger partial charge is 0.479 e. The number of aliphatic hydroxyl groups excluding tert-OH is 4. The predicted molar refractivity (Wildman–Crippen MR) is 217 cm³/mol. The molecule has 1 fully saturated rings. The van der Waals surface area contributed by atoms with Gasteiger partial charge in [-0.05, 0) is 55.4 Å². The Morgan fingerprint density at radius 2 is 1.62 bits per heavy atom. The maximum Gasteiger partial charge on any atom is 0.335 e. The molecular formula is C39H55N7O16S. The van der Waals surface area contributed by atoms with Crippen molar-refractivity contribution in [3.8, 4) is 0 Å². The van der Waals surface area contributed by atoms with E-state index in [1.165, 1.54) is 17.8 Å². The highest BCUT2D eigenvalue weighted by atomic mass is 32.2. The number of hydrogen-bond acceptors (Lipinski definition) is 17. The second-order valence-electron chi connectivity index (χ2n) is 16.0. The normalized spacial score (nSPS) is 22.2. The van der Waals surface area contributed by atoms with Crippen LogP contribution in [-0.2, 0) is 67.9 Å². The lowest BCUT2D eigenvalue weighted by Crippen LogP contribution is -2.59. The third-order valence-corrected chi connectivity index (χ3v) is 11.2. The van der Waals surface area contributed by atoms with Crippen molar-refractivity contribution in [1.82, 2.24) is 30.5 Å². The first-order valence-electron chi connectivity index (χ1n) is 20.1. The van der Waals surface area contributed by atoms with Gasteiger partial charge in [-0.3, -0.25) is 38.1 Å². The van der Waals surface area contributed by atoms with Gasteiger partial charge in [-0.25, -0.2) is 4.79 Å². The molecule has 3 heterocycles. The molecule has 0 radical (unpaired) electrons. The summed E-state index contributed by atoms with van der Waals surface area (Å²) >= 11 is 0.